The number of alkyl halides is 1. The molecule has 1 aromatic rings. The van der Waals surface area contributed by atoms with Crippen LogP contribution in [0.4, 0.5) is 0 Å². The molecule has 0 saturated heterocycles. The van der Waals surface area contributed by atoms with Crippen molar-refractivity contribution in [1.82, 2.24) is 0 Å². The highest BCUT2D eigenvalue weighted by Gasteiger charge is 2.49. The van der Waals surface area contributed by atoms with E-state index in [-0.39, 0.29) is 31.3 Å². The maximum Gasteiger partial charge on any atom is 0.336 e. The molecule has 0 spiro atoms. The van der Waals surface area contributed by atoms with E-state index in [2.05, 4.69) is 0 Å². The number of hydrogen-bond donors (Lipinski definition) is 1. The van der Waals surface area contributed by atoms with Crippen LogP contribution < -0.4 is 0 Å². The predicted octanol–water partition coefficient (Wildman–Crippen LogP) is 3.05. The van der Waals surface area contributed by atoms with Crippen LogP contribution in [-0.4, -0.2) is 43.3 Å². The van der Waals surface area contributed by atoms with E-state index in [9.17, 15) is 18.3 Å². The van der Waals surface area contributed by atoms with Crippen molar-refractivity contribution in [3.8, 4) is 0 Å². The summed E-state index contributed by atoms with van der Waals surface area (Å²) < 4.78 is 34.4. The highest BCUT2D eigenvalue weighted by Crippen LogP contribution is 2.36. The molecule has 0 aliphatic carbocycles. The van der Waals surface area contributed by atoms with Crippen LogP contribution in [-0.2, 0) is 30.4 Å². The number of hydrogen-bond acceptors (Lipinski definition) is 5. The summed E-state index contributed by atoms with van der Waals surface area (Å²) in [5.74, 6) is -1.18. The van der Waals surface area contributed by atoms with Crippen LogP contribution in [0, 0.1) is 5.41 Å². The molecule has 0 heterocycles. The van der Waals surface area contributed by atoms with Crippen LogP contribution in [0.1, 0.15) is 32.8 Å². The van der Waals surface area contributed by atoms with E-state index in [0.29, 0.717) is 0 Å². The Labute approximate surface area is 154 Å². The lowest BCUT2D eigenvalue weighted by Gasteiger charge is -2.40. The minimum absolute atomic E-state index is 0.0894. The molecule has 0 bridgehead atoms. The van der Waals surface area contributed by atoms with Gasteiger partial charge in [-0.1, -0.05) is 44.2 Å². The SMILES string of the molecule is CC(C)(COS(=O)(=O)CCCCl)[C@@](C)(OCc1ccccc1)C(=O)O. The predicted molar refractivity (Wildman–Crippen MR) is 96.1 cm³/mol. The maximum absolute atomic E-state index is 11.8. The Morgan fingerprint density at radius 3 is 2.32 bits per heavy atom. The third-order valence-corrected chi connectivity index (χ3v) is 5.73. The molecule has 1 rings (SSSR count). The van der Waals surface area contributed by atoms with Crippen molar-refractivity contribution in [2.45, 2.75) is 39.4 Å². The molecule has 0 saturated carbocycles. The van der Waals surface area contributed by atoms with Crippen LogP contribution >= 0.6 is 11.6 Å². The molecule has 0 aliphatic heterocycles. The normalized spacial score (nSPS) is 14.9. The monoisotopic (exact) mass is 392 g/mol. The Hall–Kier alpha value is -1.15. The second-order valence-electron chi connectivity index (χ2n) is 6.56. The van der Waals surface area contributed by atoms with Gasteiger partial charge in [-0.25, -0.2) is 4.79 Å². The van der Waals surface area contributed by atoms with Crippen LogP contribution in [0.15, 0.2) is 30.3 Å². The molecular formula is C17H25ClO6S. The van der Waals surface area contributed by atoms with E-state index in [4.69, 9.17) is 20.5 Å². The van der Waals surface area contributed by atoms with E-state index in [1.54, 1.807) is 13.8 Å². The van der Waals surface area contributed by atoms with Gasteiger partial charge in [0.25, 0.3) is 10.1 Å². The van der Waals surface area contributed by atoms with Crippen LogP contribution in [0.3, 0.4) is 0 Å². The van der Waals surface area contributed by atoms with Crippen molar-refractivity contribution in [3.63, 3.8) is 0 Å². The van der Waals surface area contributed by atoms with Crippen molar-refractivity contribution >= 4 is 27.7 Å². The van der Waals surface area contributed by atoms with Crippen molar-refractivity contribution in [2.24, 2.45) is 5.41 Å². The minimum atomic E-state index is -3.76. The lowest BCUT2D eigenvalue weighted by molar-refractivity contribution is -0.187. The molecule has 8 heteroatoms. The molecular weight excluding hydrogens is 368 g/mol. The Bertz CT molecular complexity index is 659. The van der Waals surface area contributed by atoms with Crippen molar-refractivity contribution in [2.75, 3.05) is 18.2 Å². The minimum Gasteiger partial charge on any atom is -0.479 e. The van der Waals surface area contributed by atoms with Crippen molar-refractivity contribution < 1.29 is 27.2 Å². The quantitative estimate of drug-likeness (QED) is 0.459. The zero-order valence-electron chi connectivity index (χ0n) is 14.7. The number of rotatable bonds is 11. The molecule has 1 atom stereocenters. The molecule has 0 aliphatic rings. The van der Waals surface area contributed by atoms with Crippen molar-refractivity contribution in [3.05, 3.63) is 35.9 Å². The number of benzene rings is 1. The van der Waals surface area contributed by atoms with Gasteiger partial charge in [0, 0.05) is 11.3 Å². The standard InChI is InChI=1S/C17H25ClO6S/c1-16(2,13-24-25(21,22)11-7-10-18)17(3,15(19)20)23-12-14-8-5-4-6-9-14/h4-6,8-9H,7,10-13H2,1-3H3,(H,19,20)/t17-/m0/s1. The summed E-state index contributed by atoms with van der Waals surface area (Å²) in [7, 11) is -3.76. The molecule has 1 aromatic carbocycles. The van der Waals surface area contributed by atoms with Crippen LogP contribution in [0.5, 0.6) is 0 Å². The first-order valence-corrected chi connectivity index (χ1v) is 9.99. The molecule has 0 radical (unpaired) electrons. The number of carboxylic acid groups (broad SMARTS) is 1. The number of halogens is 1. The summed E-state index contributed by atoms with van der Waals surface area (Å²) in [6.45, 7) is 4.40. The molecule has 0 aromatic heterocycles. The maximum atomic E-state index is 11.8. The lowest BCUT2D eigenvalue weighted by Crippen LogP contribution is -2.53. The second-order valence-corrected chi connectivity index (χ2v) is 8.70. The lowest BCUT2D eigenvalue weighted by atomic mass is 9.76. The fraction of sp³-hybridized carbons (Fsp3) is 0.588. The van der Waals surface area contributed by atoms with Crippen molar-refractivity contribution in [1.29, 1.82) is 0 Å². The highest BCUT2D eigenvalue weighted by atomic mass is 35.5. The average Bonchev–Trinajstić information content (AvgIpc) is 2.57. The highest BCUT2D eigenvalue weighted by molar-refractivity contribution is 7.86. The summed E-state index contributed by atoms with van der Waals surface area (Å²) in [5, 5.41) is 9.67. The molecule has 142 valence electrons. The largest absolute Gasteiger partial charge is 0.479 e. The first-order chi connectivity index (χ1) is 11.5. The number of carboxylic acids is 1. The summed E-state index contributed by atoms with van der Waals surface area (Å²) in [6, 6.07) is 9.15. The fourth-order valence-electron chi connectivity index (χ4n) is 2.01. The first-order valence-electron chi connectivity index (χ1n) is 7.88. The average molecular weight is 393 g/mol. The van der Waals surface area contributed by atoms with Gasteiger partial charge in [0.1, 0.15) is 0 Å². The van der Waals surface area contributed by atoms with E-state index < -0.39 is 27.1 Å². The molecule has 0 amide bonds. The van der Waals surface area contributed by atoms with Gasteiger partial charge in [-0.15, -0.1) is 11.6 Å². The zero-order chi connectivity index (χ0) is 19.1. The molecule has 25 heavy (non-hydrogen) atoms. The van der Waals surface area contributed by atoms with Gasteiger partial charge in [-0.05, 0) is 18.9 Å². The summed E-state index contributed by atoms with van der Waals surface area (Å²) in [6.07, 6.45) is 0.269. The number of carbonyl (C=O) groups is 1. The van der Waals surface area contributed by atoms with Crippen LogP contribution in [0.2, 0.25) is 0 Å². The van der Waals surface area contributed by atoms with E-state index >= 15 is 0 Å². The van der Waals surface area contributed by atoms with Gasteiger partial charge in [-0.2, -0.15) is 8.42 Å². The summed E-state index contributed by atoms with van der Waals surface area (Å²) >= 11 is 5.49. The molecule has 0 unspecified atom stereocenters. The first kappa shape index (κ1) is 21.9. The van der Waals surface area contributed by atoms with Crippen LogP contribution in [0.25, 0.3) is 0 Å². The number of aliphatic carboxylic acids is 1. The summed E-state index contributed by atoms with van der Waals surface area (Å²) in [5.41, 5.74) is -1.91. The number of ether oxygens (including phenoxy) is 1. The second kappa shape index (κ2) is 8.98. The molecule has 0 fully saturated rings. The third kappa shape index (κ3) is 6.26. The third-order valence-electron chi connectivity index (χ3n) is 4.20. The molecule has 6 nitrogen and oxygen atoms in total. The summed E-state index contributed by atoms with van der Waals surface area (Å²) in [4.78, 5) is 11.8. The van der Waals surface area contributed by atoms with Gasteiger partial charge >= 0.3 is 5.97 Å². The Balaban J connectivity index is 2.85. The van der Waals surface area contributed by atoms with E-state index in [1.165, 1.54) is 6.92 Å². The van der Waals surface area contributed by atoms with Gasteiger partial charge in [-0.3, -0.25) is 4.18 Å². The zero-order valence-corrected chi connectivity index (χ0v) is 16.3. The Morgan fingerprint density at radius 1 is 1.20 bits per heavy atom. The van der Waals surface area contributed by atoms with Gasteiger partial charge in [0.05, 0.1) is 19.0 Å². The fourth-order valence-corrected chi connectivity index (χ4v) is 3.40. The van der Waals surface area contributed by atoms with Gasteiger partial charge in [0.15, 0.2) is 5.60 Å². The van der Waals surface area contributed by atoms with E-state index in [1.807, 2.05) is 30.3 Å². The molecule has 1 N–H and O–H groups in total. The topological polar surface area (TPSA) is 89.9 Å². The van der Waals surface area contributed by atoms with Gasteiger partial charge in [0.2, 0.25) is 0 Å². The van der Waals surface area contributed by atoms with Gasteiger partial charge < -0.3 is 9.84 Å². The van der Waals surface area contributed by atoms with E-state index in [0.717, 1.165) is 5.56 Å². The smallest absolute Gasteiger partial charge is 0.336 e. The Morgan fingerprint density at radius 2 is 1.80 bits per heavy atom. The Kier molecular flexibility index (Phi) is 7.87.